The molecule has 0 saturated carbocycles. The molecule has 5 nitrogen and oxygen atoms in total. The molecule has 1 aliphatic carbocycles. The molecule has 0 aromatic carbocycles. The number of nitrogens with zero attached hydrogens (tertiary/aromatic N) is 1. The fourth-order valence-electron chi connectivity index (χ4n) is 3.23. The van der Waals surface area contributed by atoms with E-state index in [9.17, 15) is 4.79 Å². The number of hydrogen-bond donors (Lipinski definition) is 2. The highest BCUT2D eigenvalue weighted by molar-refractivity contribution is 7.80. The van der Waals surface area contributed by atoms with Crippen molar-refractivity contribution >= 4 is 39.6 Å². The van der Waals surface area contributed by atoms with E-state index in [2.05, 4.69) is 22.5 Å². The van der Waals surface area contributed by atoms with Crippen LogP contribution in [-0.4, -0.2) is 23.2 Å². The number of esters is 1. The molecule has 0 fully saturated rings. The number of rotatable bonds is 4. The Morgan fingerprint density at radius 2 is 2.15 bits per heavy atom. The summed E-state index contributed by atoms with van der Waals surface area (Å²) in [6.07, 6.45) is 6.52. The number of thiophene rings is 1. The molecule has 2 atom stereocenters. The Kier molecular flexibility index (Phi) is 5.88. The highest BCUT2D eigenvalue weighted by atomic mass is 32.1. The van der Waals surface area contributed by atoms with Gasteiger partial charge in [0.1, 0.15) is 5.00 Å². The molecule has 26 heavy (non-hydrogen) atoms. The van der Waals surface area contributed by atoms with Crippen LogP contribution in [0.15, 0.2) is 24.5 Å². The van der Waals surface area contributed by atoms with Gasteiger partial charge in [0.25, 0.3) is 0 Å². The van der Waals surface area contributed by atoms with Gasteiger partial charge in [-0.2, -0.15) is 0 Å². The third kappa shape index (κ3) is 4.04. The topological polar surface area (TPSA) is 63.2 Å². The van der Waals surface area contributed by atoms with Gasteiger partial charge in [0.05, 0.1) is 18.7 Å². The molecule has 1 aliphatic rings. The lowest BCUT2D eigenvalue weighted by molar-refractivity contribution is 0.0601. The smallest absolute Gasteiger partial charge is 0.341 e. The molecule has 2 N–H and O–H groups in total. The standard InChI is InChI=1S/C19H23N3O2S2/c1-11-4-5-14-15(10-11)26-17(16(14)18(23)24-3)22-19(25)21-12(2)13-6-8-20-9-7-13/h6-9,11-12H,4-5,10H2,1-3H3,(H2,21,22,25)/t11-,12-/m1/s1. The van der Waals surface area contributed by atoms with Gasteiger partial charge in [0.15, 0.2) is 5.11 Å². The lowest BCUT2D eigenvalue weighted by atomic mass is 9.88. The number of fused-ring (bicyclic) bond motifs is 1. The predicted octanol–water partition coefficient (Wildman–Crippen LogP) is 4.10. The Hall–Kier alpha value is -1.99. The quantitative estimate of drug-likeness (QED) is 0.606. The SMILES string of the molecule is COC(=O)c1c(NC(=S)N[C@H](C)c2ccncc2)sc2c1CC[C@@H](C)C2. The van der Waals surface area contributed by atoms with Gasteiger partial charge in [0.2, 0.25) is 0 Å². The van der Waals surface area contributed by atoms with Crippen molar-refractivity contribution in [1.29, 1.82) is 0 Å². The molecule has 2 heterocycles. The first-order chi connectivity index (χ1) is 12.5. The zero-order valence-corrected chi connectivity index (χ0v) is 16.8. The second-order valence-electron chi connectivity index (χ2n) is 6.65. The first-order valence-corrected chi connectivity index (χ1v) is 9.92. The first kappa shape index (κ1) is 18.8. The Morgan fingerprint density at radius 3 is 2.85 bits per heavy atom. The van der Waals surface area contributed by atoms with Gasteiger partial charge in [-0.1, -0.05) is 6.92 Å². The van der Waals surface area contributed by atoms with Crippen LogP contribution in [0.1, 0.15) is 52.7 Å². The van der Waals surface area contributed by atoms with Crippen LogP contribution >= 0.6 is 23.6 Å². The lowest BCUT2D eigenvalue weighted by Gasteiger charge is -2.18. The van der Waals surface area contributed by atoms with Gasteiger partial charge in [-0.15, -0.1) is 11.3 Å². The van der Waals surface area contributed by atoms with Gasteiger partial charge < -0.3 is 15.4 Å². The van der Waals surface area contributed by atoms with E-state index in [1.807, 2.05) is 19.1 Å². The molecule has 2 aromatic heterocycles. The van der Waals surface area contributed by atoms with Crippen molar-refractivity contribution in [3.8, 4) is 0 Å². The number of ether oxygens (including phenoxy) is 1. The minimum absolute atomic E-state index is 0.0363. The molecule has 0 aliphatic heterocycles. The van der Waals surface area contributed by atoms with Crippen LogP contribution in [0.4, 0.5) is 5.00 Å². The maximum Gasteiger partial charge on any atom is 0.341 e. The Balaban J connectivity index is 1.78. The number of carbonyl (C=O) groups excluding carboxylic acids is 1. The number of anilines is 1. The molecule has 0 radical (unpaired) electrons. The molecule has 0 amide bonds. The van der Waals surface area contributed by atoms with Gasteiger partial charge in [-0.05, 0) is 67.6 Å². The van der Waals surface area contributed by atoms with Gasteiger partial charge in [-0.25, -0.2) is 4.79 Å². The number of hydrogen-bond acceptors (Lipinski definition) is 5. The zero-order valence-electron chi connectivity index (χ0n) is 15.2. The van der Waals surface area contributed by atoms with Gasteiger partial charge in [-0.3, -0.25) is 4.98 Å². The number of thiocarbonyl (C=S) groups is 1. The highest BCUT2D eigenvalue weighted by Gasteiger charge is 2.28. The van der Waals surface area contributed by atoms with E-state index < -0.39 is 0 Å². The molecule has 0 bridgehead atoms. The fraction of sp³-hybridized carbons (Fsp3) is 0.421. The predicted molar refractivity (Wildman–Crippen MR) is 109 cm³/mol. The number of methoxy groups -OCH3 is 1. The normalized spacial score (nSPS) is 17.1. The summed E-state index contributed by atoms with van der Waals surface area (Å²) in [6, 6.07) is 3.94. The summed E-state index contributed by atoms with van der Waals surface area (Å²) in [4.78, 5) is 17.6. The fourth-order valence-corrected chi connectivity index (χ4v) is 4.97. The Labute approximate surface area is 163 Å². The van der Waals surface area contributed by atoms with Crippen LogP contribution < -0.4 is 10.6 Å². The average Bonchev–Trinajstić information content (AvgIpc) is 2.98. The van der Waals surface area contributed by atoms with Crippen molar-refractivity contribution in [3.05, 3.63) is 46.1 Å². The molecular weight excluding hydrogens is 366 g/mol. The highest BCUT2D eigenvalue weighted by Crippen LogP contribution is 2.40. The van der Waals surface area contributed by atoms with E-state index in [0.717, 1.165) is 35.4 Å². The Morgan fingerprint density at radius 1 is 1.42 bits per heavy atom. The summed E-state index contributed by atoms with van der Waals surface area (Å²) < 4.78 is 5.02. The second-order valence-corrected chi connectivity index (χ2v) is 8.16. The summed E-state index contributed by atoms with van der Waals surface area (Å²) >= 11 is 7.09. The molecule has 0 saturated heterocycles. The van der Waals surface area contributed by atoms with E-state index in [1.54, 1.807) is 23.7 Å². The largest absolute Gasteiger partial charge is 0.465 e. The van der Waals surface area contributed by atoms with E-state index in [4.69, 9.17) is 17.0 Å². The number of aromatic nitrogens is 1. The molecule has 0 unspecified atom stereocenters. The summed E-state index contributed by atoms with van der Waals surface area (Å²) in [5.74, 6) is 0.334. The molecular formula is C19H23N3O2S2. The van der Waals surface area contributed by atoms with Crippen molar-refractivity contribution in [3.63, 3.8) is 0 Å². The number of pyridine rings is 1. The van der Waals surface area contributed by atoms with Gasteiger partial charge in [0, 0.05) is 17.3 Å². The summed E-state index contributed by atoms with van der Waals surface area (Å²) in [5.41, 5.74) is 2.85. The van der Waals surface area contributed by atoms with Crippen molar-refractivity contribution < 1.29 is 9.53 Å². The van der Waals surface area contributed by atoms with Gasteiger partial charge >= 0.3 is 5.97 Å². The number of nitrogens with one attached hydrogen (secondary N) is 2. The second kappa shape index (κ2) is 8.14. The van der Waals surface area contributed by atoms with Crippen LogP contribution in [0, 0.1) is 5.92 Å². The summed E-state index contributed by atoms with van der Waals surface area (Å²) in [6.45, 7) is 4.28. The van der Waals surface area contributed by atoms with Crippen molar-refractivity contribution in [1.82, 2.24) is 10.3 Å². The van der Waals surface area contributed by atoms with Crippen LogP contribution in [0.25, 0.3) is 0 Å². The maximum absolute atomic E-state index is 12.3. The zero-order chi connectivity index (χ0) is 18.7. The van der Waals surface area contributed by atoms with Crippen molar-refractivity contribution in [2.24, 2.45) is 5.92 Å². The van der Waals surface area contributed by atoms with Crippen LogP contribution in [0.5, 0.6) is 0 Å². The maximum atomic E-state index is 12.3. The Bertz CT molecular complexity index is 805. The molecule has 3 rings (SSSR count). The monoisotopic (exact) mass is 389 g/mol. The molecule has 138 valence electrons. The first-order valence-electron chi connectivity index (χ1n) is 8.69. The van der Waals surface area contributed by atoms with E-state index in [0.29, 0.717) is 16.6 Å². The summed E-state index contributed by atoms with van der Waals surface area (Å²) in [7, 11) is 1.42. The van der Waals surface area contributed by atoms with Crippen LogP contribution in [-0.2, 0) is 17.6 Å². The molecule has 2 aromatic rings. The van der Waals surface area contributed by atoms with Crippen LogP contribution in [0.3, 0.4) is 0 Å². The number of carbonyl (C=O) groups is 1. The third-order valence-corrected chi connectivity index (χ3v) is 6.07. The van der Waals surface area contributed by atoms with Crippen LogP contribution in [0.2, 0.25) is 0 Å². The van der Waals surface area contributed by atoms with Crippen molar-refractivity contribution in [2.75, 3.05) is 12.4 Å². The lowest BCUT2D eigenvalue weighted by Crippen LogP contribution is -2.31. The van der Waals surface area contributed by atoms with E-state index in [-0.39, 0.29) is 12.0 Å². The average molecular weight is 390 g/mol. The molecule has 7 heteroatoms. The minimum atomic E-state index is -0.301. The summed E-state index contributed by atoms with van der Waals surface area (Å²) in [5, 5.41) is 7.75. The van der Waals surface area contributed by atoms with E-state index in [1.165, 1.54) is 12.0 Å². The third-order valence-electron chi connectivity index (χ3n) is 4.68. The van der Waals surface area contributed by atoms with E-state index >= 15 is 0 Å². The molecule has 0 spiro atoms. The minimum Gasteiger partial charge on any atom is -0.465 e. The van der Waals surface area contributed by atoms with Crippen molar-refractivity contribution in [2.45, 2.75) is 39.2 Å².